The van der Waals surface area contributed by atoms with Crippen molar-refractivity contribution in [3.8, 4) is 5.75 Å². The lowest BCUT2D eigenvalue weighted by Gasteiger charge is -2.23. The van der Waals surface area contributed by atoms with Gasteiger partial charge in [0.25, 0.3) is 5.91 Å². The Hall–Kier alpha value is -3.30. The van der Waals surface area contributed by atoms with E-state index in [9.17, 15) is 14.0 Å². The van der Waals surface area contributed by atoms with Gasteiger partial charge in [0.05, 0.1) is 18.7 Å². The molecule has 1 N–H and O–H groups in total. The maximum absolute atomic E-state index is 13.4. The number of hydrogen-bond acceptors (Lipinski definition) is 5. The van der Waals surface area contributed by atoms with Crippen molar-refractivity contribution < 1.29 is 18.7 Å². The van der Waals surface area contributed by atoms with Gasteiger partial charge in [-0.15, -0.1) is 11.3 Å². The number of thiophene rings is 1. The van der Waals surface area contributed by atoms with Crippen molar-refractivity contribution in [2.24, 2.45) is 0 Å². The molecule has 1 aliphatic rings. The molecule has 1 atom stereocenters. The molecule has 34 heavy (non-hydrogen) atoms. The van der Waals surface area contributed by atoms with Crippen molar-refractivity contribution in [1.29, 1.82) is 0 Å². The van der Waals surface area contributed by atoms with Crippen molar-refractivity contribution in [3.63, 3.8) is 0 Å². The summed E-state index contributed by atoms with van der Waals surface area (Å²) in [5.41, 5.74) is 1.09. The molecule has 1 aliphatic heterocycles. The van der Waals surface area contributed by atoms with E-state index in [0.29, 0.717) is 41.8 Å². The van der Waals surface area contributed by atoms with E-state index in [0.717, 1.165) is 4.88 Å². The van der Waals surface area contributed by atoms with Crippen LogP contribution in [0.2, 0.25) is 0 Å². The highest BCUT2D eigenvalue weighted by molar-refractivity contribution is 7.80. The smallest absolute Gasteiger partial charge is 0.256 e. The van der Waals surface area contributed by atoms with Crippen LogP contribution >= 0.6 is 23.6 Å². The molecule has 2 aromatic carbocycles. The summed E-state index contributed by atoms with van der Waals surface area (Å²) in [6.07, 6.45) is 0.633. The number of hydrogen-bond donors (Lipinski definition) is 1. The first kappa shape index (κ1) is 23.8. The number of ether oxygens (including phenoxy) is 1. The van der Waals surface area contributed by atoms with Crippen LogP contribution in [0, 0.1) is 5.82 Å². The molecule has 4 rings (SSSR count). The lowest BCUT2D eigenvalue weighted by molar-refractivity contribution is -0.124. The van der Waals surface area contributed by atoms with Crippen LogP contribution in [0.5, 0.6) is 5.75 Å². The number of amides is 2. The van der Waals surface area contributed by atoms with Crippen molar-refractivity contribution in [2.75, 3.05) is 23.4 Å². The zero-order chi connectivity index (χ0) is 24.1. The Bertz CT molecular complexity index is 1150. The highest BCUT2D eigenvalue weighted by atomic mass is 32.1. The van der Waals surface area contributed by atoms with Gasteiger partial charge in [-0.1, -0.05) is 6.07 Å². The predicted molar refractivity (Wildman–Crippen MR) is 136 cm³/mol. The maximum Gasteiger partial charge on any atom is 0.256 e. The van der Waals surface area contributed by atoms with Gasteiger partial charge in [-0.25, -0.2) is 4.39 Å². The third kappa shape index (κ3) is 5.43. The second kappa shape index (κ2) is 10.8. The average Bonchev–Trinajstić information content (AvgIpc) is 3.42. The number of carbonyl (C=O) groups excluding carboxylic acids is 2. The topological polar surface area (TPSA) is 61.9 Å². The first-order valence-corrected chi connectivity index (χ1v) is 12.2. The van der Waals surface area contributed by atoms with E-state index >= 15 is 0 Å². The summed E-state index contributed by atoms with van der Waals surface area (Å²) in [7, 11) is 0. The minimum absolute atomic E-state index is 0.0612. The van der Waals surface area contributed by atoms with Crippen LogP contribution in [0.15, 0.2) is 66.0 Å². The summed E-state index contributed by atoms with van der Waals surface area (Å²) in [5, 5.41) is 5.15. The quantitative estimate of drug-likeness (QED) is 0.428. The summed E-state index contributed by atoms with van der Waals surface area (Å²) < 4.78 is 18.9. The minimum atomic E-state index is -0.750. The Morgan fingerprint density at radius 2 is 1.88 bits per heavy atom. The number of benzene rings is 2. The van der Waals surface area contributed by atoms with E-state index in [4.69, 9.17) is 17.0 Å². The molecule has 6 nitrogen and oxygen atoms in total. The van der Waals surface area contributed by atoms with Crippen LogP contribution < -0.4 is 15.0 Å². The second-order valence-corrected chi connectivity index (χ2v) is 9.08. The van der Waals surface area contributed by atoms with Crippen molar-refractivity contribution >= 4 is 51.9 Å². The number of anilines is 2. The Morgan fingerprint density at radius 1 is 1.15 bits per heavy atom. The van der Waals surface area contributed by atoms with Crippen LogP contribution in [0.1, 0.15) is 18.2 Å². The average molecular weight is 498 g/mol. The molecular weight excluding hydrogens is 473 g/mol. The standard InChI is InChI=1S/C25H24FN3O3S2/c1-2-32-20-11-7-18(8-12-20)27-23(30)16-22-24(31)29(19-9-5-17(26)6-10-19)25(33)28(22)14-13-21-4-3-15-34-21/h3-12,15,22H,2,13-14,16H2,1H3,(H,27,30)/t22-/m1/s1. The lowest BCUT2D eigenvalue weighted by Crippen LogP contribution is -2.39. The first-order valence-electron chi connectivity index (χ1n) is 10.9. The number of nitrogens with zero attached hydrogens (tertiary/aromatic N) is 2. The van der Waals surface area contributed by atoms with E-state index in [2.05, 4.69) is 5.32 Å². The van der Waals surface area contributed by atoms with E-state index in [1.807, 2.05) is 24.4 Å². The van der Waals surface area contributed by atoms with Crippen molar-refractivity contribution in [1.82, 2.24) is 4.90 Å². The largest absolute Gasteiger partial charge is 0.494 e. The zero-order valence-corrected chi connectivity index (χ0v) is 20.2. The monoisotopic (exact) mass is 497 g/mol. The Kier molecular flexibility index (Phi) is 7.54. The summed E-state index contributed by atoms with van der Waals surface area (Å²) in [6, 6.07) is 15.9. The first-order chi connectivity index (χ1) is 16.5. The molecule has 1 saturated heterocycles. The van der Waals surface area contributed by atoms with Crippen LogP contribution in [-0.2, 0) is 16.0 Å². The normalized spacial score (nSPS) is 15.6. The molecule has 0 aliphatic carbocycles. The molecule has 176 valence electrons. The summed E-state index contributed by atoms with van der Waals surface area (Å²) in [6.45, 7) is 2.95. The Labute approximate surface area is 206 Å². The van der Waals surface area contributed by atoms with Gasteiger partial charge in [-0.2, -0.15) is 0 Å². The maximum atomic E-state index is 13.4. The molecule has 0 bridgehead atoms. The summed E-state index contributed by atoms with van der Waals surface area (Å²) in [5.74, 6) is -0.286. The number of nitrogens with one attached hydrogen (secondary N) is 1. The van der Waals surface area contributed by atoms with Gasteiger partial charge >= 0.3 is 0 Å². The van der Waals surface area contributed by atoms with E-state index in [1.54, 1.807) is 40.5 Å². The lowest BCUT2D eigenvalue weighted by atomic mass is 10.1. The molecule has 1 aromatic heterocycles. The fourth-order valence-corrected chi connectivity index (χ4v) is 4.90. The van der Waals surface area contributed by atoms with Crippen molar-refractivity contribution in [3.05, 3.63) is 76.7 Å². The predicted octanol–water partition coefficient (Wildman–Crippen LogP) is 4.86. The van der Waals surface area contributed by atoms with Crippen LogP contribution in [-0.4, -0.2) is 41.0 Å². The van der Waals surface area contributed by atoms with Gasteiger partial charge < -0.3 is 15.0 Å². The highest BCUT2D eigenvalue weighted by Crippen LogP contribution is 2.28. The van der Waals surface area contributed by atoms with Crippen LogP contribution in [0.25, 0.3) is 0 Å². The van der Waals surface area contributed by atoms with Gasteiger partial charge in [-0.3, -0.25) is 14.5 Å². The van der Waals surface area contributed by atoms with Crippen molar-refractivity contribution in [2.45, 2.75) is 25.8 Å². The van der Waals surface area contributed by atoms with Gasteiger partial charge in [0.15, 0.2) is 5.11 Å². The Balaban J connectivity index is 1.51. The molecule has 0 radical (unpaired) electrons. The molecule has 0 unspecified atom stereocenters. The molecule has 2 amide bonds. The zero-order valence-electron chi connectivity index (χ0n) is 18.6. The molecule has 0 saturated carbocycles. The SMILES string of the molecule is CCOc1ccc(NC(=O)C[C@@H]2C(=O)N(c3ccc(F)cc3)C(=S)N2CCc2cccs2)cc1. The van der Waals surface area contributed by atoms with Crippen LogP contribution in [0.4, 0.5) is 15.8 Å². The molecular formula is C25H24FN3O3S2. The number of carbonyl (C=O) groups is 2. The third-order valence-electron chi connectivity index (χ3n) is 5.41. The molecule has 3 aromatic rings. The third-order valence-corrected chi connectivity index (χ3v) is 6.76. The molecule has 9 heteroatoms. The number of rotatable bonds is 9. The number of halogens is 1. The molecule has 2 heterocycles. The fourth-order valence-electron chi connectivity index (χ4n) is 3.79. The molecule has 1 fully saturated rings. The van der Waals surface area contributed by atoms with E-state index in [1.165, 1.54) is 29.2 Å². The van der Waals surface area contributed by atoms with Gasteiger partial charge in [0, 0.05) is 17.1 Å². The summed E-state index contributed by atoms with van der Waals surface area (Å²) in [4.78, 5) is 30.6. The van der Waals surface area contributed by atoms with E-state index in [-0.39, 0.29) is 18.2 Å². The van der Waals surface area contributed by atoms with Crippen LogP contribution in [0.3, 0.4) is 0 Å². The van der Waals surface area contributed by atoms with Gasteiger partial charge in [-0.05, 0) is 85.5 Å². The highest BCUT2D eigenvalue weighted by Gasteiger charge is 2.43. The summed E-state index contributed by atoms with van der Waals surface area (Å²) >= 11 is 7.27. The second-order valence-electron chi connectivity index (χ2n) is 7.68. The minimum Gasteiger partial charge on any atom is -0.494 e. The van der Waals surface area contributed by atoms with E-state index < -0.39 is 11.9 Å². The fraction of sp³-hybridized carbons (Fsp3) is 0.240. The van der Waals surface area contributed by atoms with Gasteiger partial charge in [0.1, 0.15) is 17.6 Å². The Morgan fingerprint density at radius 3 is 2.53 bits per heavy atom. The number of thiocarbonyl (C=S) groups is 1. The van der Waals surface area contributed by atoms with Gasteiger partial charge in [0.2, 0.25) is 5.91 Å². The molecule has 0 spiro atoms.